The van der Waals surface area contributed by atoms with E-state index < -0.39 is 0 Å². The molecular formula is C21H22N2O. The summed E-state index contributed by atoms with van der Waals surface area (Å²) in [6.45, 7) is 3.55. The van der Waals surface area contributed by atoms with Crippen molar-refractivity contribution in [2.75, 3.05) is 4.90 Å². The van der Waals surface area contributed by atoms with Gasteiger partial charge in [-0.25, -0.2) is 4.98 Å². The molecule has 1 aromatic heterocycles. The number of aliphatic hydroxyl groups excluding tert-OH is 1. The van der Waals surface area contributed by atoms with Gasteiger partial charge >= 0.3 is 0 Å². The van der Waals surface area contributed by atoms with E-state index >= 15 is 0 Å². The van der Waals surface area contributed by atoms with Crippen molar-refractivity contribution in [3.05, 3.63) is 95.2 Å². The average Bonchev–Trinajstić information content (AvgIpc) is 2.63. The van der Waals surface area contributed by atoms with Crippen LogP contribution < -0.4 is 4.90 Å². The highest BCUT2D eigenvalue weighted by atomic mass is 16.3. The summed E-state index contributed by atoms with van der Waals surface area (Å²) in [5.41, 5.74) is 4.25. The zero-order valence-electron chi connectivity index (χ0n) is 13.9. The van der Waals surface area contributed by atoms with E-state index in [1.807, 2.05) is 31.2 Å². The lowest BCUT2D eigenvalue weighted by Gasteiger charge is -2.25. The van der Waals surface area contributed by atoms with E-state index in [0.29, 0.717) is 0 Å². The second kappa shape index (κ2) is 7.75. The fraction of sp³-hybridized carbons (Fsp3) is 0.190. The summed E-state index contributed by atoms with van der Waals surface area (Å²) in [6, 6.07) is 24.8. The number of anilines is 1. The molecule has 3 heteroatoms. The lowest BCUT2D eigenvalue weighted by atomic mass is 10.1. The second-order valence-electron chi connectivity index (χ2n) is 5.90. The molecule has 0 saturated carbocycles. The summed E-state index contributed by atoms with van der Waals surface area (Å²) >= 11 is 0. The van der Waals surface area contributed by atoms with Crippen molar-refractivity contribution < 1.29 is 5.11 Å². The fourth-order valence-corrected chi connectivity index (χ4v) is 2.75. The van der Waals surface area contributed by atoms with Crippen LogP contribution in [0.25, 0.3) is 0 Å². The summed E-state index contributed by atoms with van der Waals surface area (Å²) in [4.78, 5) is 6.97. The molecule has 0 fully saturated rings. The van der Waals surface area contributed by atoms with Crippen LogP contribution in [0.4, 0.5) is 5.82 Å². The highest BCUT2D eigenvalue weighted by Gasteiger charge is 2.11. The van der Waals surface area contributed by atoms with Gasteiger partial charge in [-0.3, -0.25) is 0 Å². The minimum atomic E-state index is 0.0243. The van der Waals surface area contributed by atoms with Gasteiger partial charge in [0.05, 0.1) is 6.61 Å². The standard InChI is InChI=1S/C21H22N2O/c1-17-20(16-24)12-13-21(22-17)23(14-18-8-4-2-5-9-18)15-19-10-6-3-7-11-19/h2-13,24H,14-16H2,1H3. The number of aryl methyl sites for hydroxylation is 1. The van der Waals surface area contributed by atoms with Crippen molar-refractivity contribution >= 4 is 5.82 Å². The van der Waals surface area contributed by atoms with Crippen LogP contribution in [0.3, 0.4) is 0 Å². The van der Waals surface area contributed by atoms with Crippen LogP contribution in [0, 0.1) is 6.92 Å². The Balaban J connectivity index is 1.90. The van der Waals surface area contributed by atoms with Gasteiger partial charge in [-0.1, -0.05) is 66.7 Å². The van der Waals surface area contributed by atoms with Crippen LogP contribution in [0.5, 0.6) is 0 Å². The first-order valence-electron chi connectivity index (χ1n) is 8.16. The third-order valence-electron chi connectivity index (χ3n) is 4.11. The van der Waals surface area contributed by atoms with Crippen LogP contribution in [0.2, 0.25) is 0 Å². The minimum absolute atomic E-state index is 0.0243. The highest BCUT2D eigenvalue weighted by molar-refractivity contribution is 5.43. The quantitative estimate of drug-likeness (QED) is 0.743. The van der Waals surface area contributed by atoms with Gasteiger partial charge < -0.3 is 10.0 Å². The van der Waals surface area contributed by atoms with E-state index in [1.165, 1.54) is 11.1 Å². The molecule has 3 rings (SSSR count). The van der Waals surface area contributed by atoms with Crippen molar-refractivity contribution in [2.24, 2.45) is 0 Å². The normalized spacial score (nSPS) is 10.6. The Bertz CT molecular complexity index is 731. The number of rotatable bonds is 6. The molecule has 3 aromatic rings. The molecule has 0 aliphatic carbocycles. The molecule has 1 N–H and O–H groups in total. The van der Waals surface area contributed by atoms with Crippen molar-refractivity contribution in [2.45, 2.75) is 26.6 Å². The summed E-state index contributed by atoms with van der Waals surface area (Å²) < 4.78 is 0. The maximum atomic E-state index is 9.36. The minimum Gasteiger partial charge on any atom is -0.392 e. The van der Waals surface area contributed by atoms with E-state index in [-0.39, 0.29) is 6.61 Å². The Hall–Kier alpha value is -2.65. The van der Waals surface area contributed by atoms with Gasteiger partial charge in [0.25, 0.3) is 0 Å². The molecule has 0 radical (unpaired) electrons. The Kier molecular flexibility index (Phi) is 5.24. The Morgan fingerprint density at radius 1 is 0.792 bits per heavy atom. The molecule has 0 unspecified atom stereocenters. The van der Waals surface area contributed by atoms with Gasteiger partial charge in [0.1, 0.15) is 5.82 Å². The zero-order chi connectivity index (χ0) is 16.8. The van der Waals surface area contributed by atoms with Crippen molar-refractivity contribution in [1.29, 1.82) is 0 Å². The molecule has 24 heavy (non-hydrogen) atoms. The molecule has 0 saturated heterocycles. The second-order valence-corrected chi connectivity index (χ2v) is 5.90. The van der Waals surface area contributed by atoms with Gasteiger partial charge in [-0.15, -0.1) is 0 Å². The first-order valence-corrected chi connectivity index (χ1v) is 8.16. The van der Waals surface area contributed by atoms with E-state index in [2.05, 4.69) is 53.4 Å². The van der Waals surface area contributed by atoms with Crippen molar-refractivity contribution in [3.8, 4) is 0 Å². The van der Waals surface area contributed by atoms with E-state index in [4.69, 9.17) is 4.98 Å². The van der Waals surface area contributed by atoms with Crippen LogP contribution in [-0.2, 0) is 19.7 Å². The summed E-state index contributed by atoms with van der Waals surface area (Å²) in [5.74, 6) is 0.928. The largest absolute Gasteiger partial charge is 0.392 e. The van der Waals surface area contributed by atoms with Crippen molar-refractivity contribution in [3.63, 3.8) is 0 Å². The molecule has 0 aliphatic heterocycles. The number of aliphatic hydroxyl groups is 1. The van der Waals surface area contributed by atoms with Gasteiger partial charge in [0.2, 0.25) is 0 Å². The maximum Gasteiger partial charge on any atom is 0.129 e. The molecular weight excluding hydrogens is 296 g/mol. The van der Waals surface area contributed by atoms with E-state index in [9.17, 15) is 5.11 Å². The fourth-order valence-electron chi connectivity index (χ4n) is 2.75. The average molecular weight is 318 g/mol. The number of benzene rings is 2. The SMILES string of the molecule is Cc1nc(N(Cc2ccccc2)Cc2ccccc2)ccc1CO. The van der Waals surface area contributed by atoms with E-state index in [0.717, 1.165) is 30.2 Å². The van der Waals surface area contributed by atoms with Crippen molar-refractivity contribution in [1.82, 2.24) is 4.98 Å². The lowest BCUT2D eigenvalue weighted by Crippen LogP contribution is -2.23. The molecule has 122 valence electrons. The van der Waals surface area contributed by atoms with Gasteiger partial charge in [0.15, 0.2) is 0 Å². The molecule has 0 atom stereocenters. The third-order valence-corrected chi connectivity index (χ3v) is 4.11. The predicted molar refractivity (Wildman–Crippen MR) is 97.7 cm³/mol. The molecule has 0 spiro atoms. The molecule has 0 amide bonds. The topological polar surface area (TPSA) is 36.4 Å². The zero-order valence-corrected chi connectivity index (χ0v) is 13.9. The van der Waals surface area contributed by atoms with E-state index in [1.54, 1.807) is 0 Å². The number of nitrogens with zero attached hydrogens (tertiary/aromatic N) is 2. The molecule has 3 nitrogen and oxygen atoms in total. The third kappa shape index (κ3) is 4.00. The van der Waals surface area contributed by atoms with Gasteiger partial charge in [-0.05, 0) is 29.7 Å². The Labute approximate surface area is 143 Å². The van der Waals surface area contributed by atoms with Crippen LogP contribution >= 0.6 is 0 Å². The number of aromatic nitrogens is 1. The number of hydrogen-bond acceptors (Lipinski definition) is 3. The van der Waals surface area contributed by atoms with Crippen LogP contribution in [-0.4, -0.2) is 10.1 Å². The molecule has 2 aromatic carbocycles. The smallest absolute Gasteiger partial charge is 0.129 e. The number of hydrogen-bond donors (Lipinski definition) is 1. The first kappa shape index (κ1) is 16.2. The maximum absolute atomic E-state index is 9.36. The highest BCUT2D eigenvalue weighted by Crippen LogP contribution is 2.20. The first-order chi connectivity index (χ1) is 11.8. The molecule has 0 bridgehead atoms. The monoisotopic (exact) mass is 318 g/mol. The van der Waals surface area contributed by atoms with Crippen LogP contribution in [0.15, 0.2) is 72.8 Å². The van der Waals surface area contributed by atoms with Crippen LogP contribution in [0.1, 0.15) is 22.4 Å². The summed E-state index contributed by atoms with van der Waals surface area (Å²) in [5, 5.41) is 9.36. The summed E-state index contributed by atoms with van der Waals surface area (Å²) in [6.07, 6.45) is 0. The Morgan fingerprint density at radius 2 is 1.33 bits per heavy atom. The molecule has 1 heterocycles. The summed E-state index contributed by atoms with van der Waals surface area (Å²) in [7, 11) is 0. The lowest BCUT2D eigenvalue weighted by molar-refractivity contribution is 0.280. The number of pyridine rings is 1. The predicted octanol–water partition coefficient (Wildman–Crippen LogP) is 4.09. The Morgan fingerprint density at radius 3 is 1.79 bits per heavy atom. The molecule has 0 aliphatic rings. The van der Waals surface area contributed by atoms with Gasteiger partial charge in [-0.2, -0.15) is 0 Å². The van der Waals surface area contributed by atoms with Gasteiger partial charge in [0, 0.05) is 18.8 Å².